The van der Waals surface area contributed by atoms with Crippen LogP contribution in [0, 0.1) is 13.8 Å². The van der Waals surface area contributed by atoms with E-state index in [-0.39, 0.29) is 6.04 Å². The Kier molecular flexibility index (Phi) is 3.78. The normalized spacial score (nSPS) is 16.1. The van der Waals surface area contributed by atoms with E-state index >= 15 is 0 Å². The molecule has 3 nitrogen and oxygen atoms in total. The van der Waals surface area contributed by atoms with Crippen LogP contribution in [0.1, 0.15) is 39.8 Å². The van der Waals surface area contributed by atoms with E-state index in [4.69, 9.17) is 10.6 Å². The number of hydrogen-bond acceptors (Lipinski definition) is 4. The van der Waals surface area contributed by atoms with Crippen LogP contribution in [-0.4, -0.2) is 6.10 Å². The summed E-state index contributed by atoms with van der Waals surface area (Å²) in [6.45, 7) is 4.28. The van der Waals surface area contributed by atoms with Crippen LogP contribution in [0.15, 0.2) is 30.3 Å². The van der Waals surface area contributed by atoms with Crippen molar-refractivity contribution >= 4 is 11.3 Å². The lowest BCUT2D eigenvalue weighted by atomic mass is 10.1. The van der Waals surface area contributed by atoms with Crippen molar-refractivity contribution in [1.82, 2.24) is 5.43 Å². The fourth-order valence-corrected chi connectivity index (χ4v) is 3.36. The van der Waals surface area contributed by atoms with E-state index in [1.807, 2.05) is 12.1 Å². The van der Waals surface area contributed by atoms with Gasteiger partial charge in [-0.2, -0.15) is 0 Å². The van der Waals surface area contributed by atoms with Crippen LogP contribution >= 0.6 is 11.3 Å². The fraction of sp³-hybridized carbons (Fsp3) is 0.375. The van der Waals surface area contributed by atoms with Crippen LogP contribution in [0.2, 0.25) is 0 Å². The lowest BCUT2D eigenvalue weighted by Crippen LogP contribution is -2.28. The second-order valence-electron chi connectivity index (χ2n) is 5.38. The molecule has 1 fully saturated rings. The molecule has 3 N–H and O–H groups in total. The van der Waals surface area contributed by atoms with E-state index in [0.717, 1.165) is 11.3 Å². The van der Waals surface area contributed by atoms with Gasteiger partial charge in [-0.05, 0) is 56.0 Å². The first-order chi connectivity index (χ1) is 9.67. The van der Waals surface area contributed by atoms with Crippen LogP contribution in [0.25, 0.3) is 0 Å². The maximum Gasteiger partial charge on any atom is 0.120 e. The molecule has 1 heterocycles. The number of nitrogens with two attached hydrogens (primary N) is 1. The first kappa shape index (κ1) is 13.6. The molecular weight excluding hydrogens is 268 g/mol. The highest BCUT2D eigenvalue weighted by molar-refractivity contribution is 7.12. The second kappa shape index (κ2) is 5.56. The summed E-state index contributed by atoms with van der Waals surface area (Å²) in [5.41, 5.74) is 5.39. The topological polar surface area (TPSA) is 47.3 Å². The number of ether oxygens (including phenoxy) is 1. The summed E-state index contributed by atoms with van der Waals surface area (Å²) in [6, 6.07) is 10.5. The van der Waals surface area contributed by atoms with Gasteiger partial charge in [-0.1, -0.05) is 12.1 Å². The minimum Gasteiger partial charge on any atom is -0.490 e. The minimum absolute atomic E-state index is 0.0233. The first-order valence-corrected chi connectivity index (χ1v) is 7.78. The van der Waals surface area contributed by atoms with Gasteiger partial charge in [0.05, 0.1) is 12.1 Å². The van der Waals surface area contributed by atoms with Gasteiger partial charge in [0.25, 0.3) is 0 Å². The predicted molar refractivity (Wildman–Crippen MR) is 83.1 cm³/mol. The highest BCUT2D eigenvalue weighted by Crippen LogP contribution is 2.33. The zero-order valence-corrected chi connectivity index (χ0v) is 12.7. The molecule has 106 valence electrons. The van der Waals surface area contributed by atoms with Gasteiger partial charge >= 0.3 is 0 Å². The molecule has 0 saturated heterocycles. The Balaban J connectivity index is 1.87. The van der Waals surface area contributed by atoms with Gasteiger partial charge in [0, 0.05) is 9.75 Å². The second-order valence-corrected chi connectivity index (χ2v) is 6.67. The number of nitrogens with one attached hydrogen (secondary N) is 1. The molecule has 1 aliphatic carbocycles. The van der Waals surface area contributed by atoms with Gasteiger partial charge in [0.1, 0.15) is 5.75 Å². The molecule has 3 rings (SSSR count). The standard InChI is InChI=1S/C16H20N2OS/c1-10-8-15(20-11(10)2)16(18-17)12-4-3-5-14(9-12)19-13-6-7-13/h3-5,8-9,13,16,18H,6-7,17H2,1-2H3. The number of aryl methyl sites for hydroxylation is 2. The van der Waals surface area contributed by atoms with Gasteiger partial charge in [-0.25, -0.2) is 5.43 Å². The van der Waals surface area contributed by atoms with Crippen LogP contribution in [-0.2, 0) is 0 Å². The van der Waals surface area contributed by atoms with E-state index in [2.05, 4.69) is 37.5 Å². The molecule has 4 heteroatoms. The maximum absolute atomic E-state index is 5.86. The molecule has 1 saturated carbocycles. The van der Waals surface area contributed by atoms with E-state index in [1.54, 1.807) is 11.3 Å². The van der Waals surface area contributed by atoms with Crippen molar-refractivity contribution in [2.75, 3.05) is 0 Å². The molecule has 1 unspecified atom stereocenters. The van der Waals surface area contributed by atoms with Crippen LogP contribution in [0.4, 0.5) is 0 Å². The summed E-state index contributed by atoms with van der Waals surface area (Å²) >= 11 is 1.79. The van der Waals surface area contributed by atoms with E-state index in [1.165, 1.54) is 28.2 Å². The zero-order valence-electron chi connectivity index (χ0n) is 11.8. The van der Waals surface area contributed by atoms with Gasteiger partial charge in [-0.15, -0.1) is 11.3 Å². The Morgan fingerprint density at radius 2 is 2.10 bits per heavy atom. The molecule has 0 radical (unpaired) electrons. The van der Waals surface area contributed by atoms with Crippen LogP contribution in [0.5, 0.6) is 5.75 Å². The van der Waals surface area contributed by atoms with Crippen molar-refractivity contribution in [2.24, 2.45) is 5.84 Å². The van der Waals surface area contributed by atoms with E-state index < -0.39 is 0 Å². The molecule has 1 aliphatic rings. The fourth-order valence-electron chi connectivity index (χ4n) is 2.23. The van der Waals surface area contributed by atoms with Crippen molar-refractivity contribution in [2.45, 2.75) is 38.8 Å². The van der Waals surface area contributed by atoms with Gasteiger partial charge in [0.2, 0.25) is 0 Å². The lowest BCUT2D eigenvalue weighted by molar-refractivity contribution is 0.302. The third-order valence-corrected chi connectivity index (χ3v) is 4.87. The predicted octanol–water partition coefficient (Wildman–Crippen LogP) is 3.46. The van der Waals surface area contributed by atoms with Gasteiger partial charge in [-0.3, -0.25) is 5.84 Å². The smallest absolute Gasteiger partial charge is 0.120 e. The van der Waals surface area contributed by atoms with E-state index in [9.17, 15) is 0 Å². The summed E-state index contributed by atoms with van der Waals surface area (Å²) in [6.07, 6.45) is 2.76. The summed E-state index contributed by atoms with van der Waals surface area (Å²) in [7, 11) is 0. The third-order valence-electron chi connectivity index (χ3n) is 3.65. The average Bonchev–Trinajstić information content (AvgIpc) is 3.17. The summed E-state index contributed by atoms with van der Waals surface area (Å²) in [4.78, 5) is 2.58. The Morgan fingerprint density at radius 1 is 1.30 bits per heavy atom. The molecule has 2 aromatic rings. The Labute approximate surface area is 123 Å². The quantitative estimate of drug-likeness (QED) is 0.654. The lowest BCUT2D eigenvalue weighted by Gasteiger charge is -2.16. The van der Waals surface area contributed by atoms with Crippen molar-refractivity contribution in [1.29, 1.82) is 0 Å². The molecule has 0 bridgehead atoms. The summed E-state index contributed by atoms with van der Waals surface area (Å²) < 4.78 is 5.86. The molecule has 1 aromatic carbocycles. The first-order valence-electron chi connectivity index (χ1n) is 6.97. The molecule has 20 heavy (non-hydrogen) atoms. The molecule has 0 spiro atoms. The molecule has 0 aliphatic heterocycles. The molecule has 1 aromatic heterocycles. The number of hydrogen-bond donors (Lipinski definition) is 2. The molecule has 0 amide bonds. The number of rotatable bonds is 5. The highest BCUT2D eigenvalue weighted by Gasteiger charge is 2.24. The van der Waals surface area contributed by atoms with Crippen molar-refractivity contribution in [3.8, 4) is 5.75 Å². The average molecular weight is 288 g/mol. The molecule has 1 atom stereocenters. The number of thiophene rings is 1. The Hall–Kier alpha value is -1.36. The van der Waals surface area contributed by atoms with Crippen molar-refractivity contribution in [3.63, 3.8) is 0 Å². The number of hydrazine groups is 1. The largest absolute Gasteiger partial charge is 0.490 e. The van der Waals surface area contributed by atoms with Crippen molar-refractivity contribution in [3.05, 3.63) is 51.2 Å². The van der Waals surface area contributed by atoms with Gasteiger partial charge < -0.3 is 4.74 Å². The van der Waals surface area contributed by atoms with Crippen molar-refractivity contribution < 1.29 is 4.74 Å². The summed E-state index contributed by atoms with van der Waals surface area (Å²) in [5, 5.41) is 0. The van der Waals surface area contributed by atoms with Crippen LogP contribution < -0.4 is 16.0 Å². The van der Waals surface area contributed by atoms with E-state index in [0.29, 0.717) is 6.10 Å². The SMILES string of the molecule is Cc1cc(C(NN)c2cccc(OC3CC3)c2)sc1C. The Bertz CT molecular complexity index is 585. The Morgan fingerprint density at radius 3 is 2.70 bits per heavy atom. The number of benzene rings is 1. The zero-order chi connectivity index (χ0) is 14.1. The monoisotopic (exact) mass is 288 g/mol. The molecular formula is C16H20N2OS. The highest BCUT2D eigenvalue weighted by atomic mass is 32.1. The minimum atomic E-state index is 0.0233. The van der Waals surface area contributed by atoms with Crippen LogP contribution in [0.3, 0.4) is 0 Å². The summed E-state index contributed by atoms with van der Waals surface area (Å²) in [5.74, 6) is 6.72. The third kappa shape index (κ3) is 2.87. The van der Waals surface area contributed by atoms with Gasteiger partial charge in [0.15, 0.2) is 0 Å². The maximum atomic E-state index is 5.86.